The molecule has 2 aliphatic rings. The van der Waals surface area contributed by atoms with Gasteiger partial charge >= 0.3 is 11.9 Å². The number of hydrogen-bond acceptors (Lipinski definition) is 7. The topological polar surface area (TPSA) is 117 Å². The minimum Gasteiger partial charge on any atom is -0.459 e. The summed E-state index contributed by atoms with van der Waals surface area (Å²) < 4.78 is 16.2. The van der Waals surface area contributed by atoms with Gasteiger partial charge in [-0.05, 0) is 26.8 Å². The van der Waals surface area contributed by atoms with Crippen LogP contribution in [0, 0.1) is 0 Å². The summed E-state index contributed by atoms with van der Waals surface area (Å²) >= 11 is 0. The minimum atomic E-state index is -1.85. The third-order valence-electron chi connectivity index (χ3n) is 4.61. The number of fused-ring (bicyclic) bond motifs is 2. The molecule has 0 bridgehead atoms. The zero-order valence-corrected chi connectivity index (χ0v) is 16.4. The second-order valence-corrected chi connectivity index (χ2v) is 6.88. The Bertz CT molecular complexity index is 975. The van der Waals surface area contributed by atoms with E-state index in [4.69, 9.17) is 19.9 Å². The van der Waals surface area contributed by atoms with Gasteiger partial charge in [-0.2, -0.15) is 0 Å². The fourth-order valence-electron chi connectivity index (χ4n) is 3.61. The average molecular weight is 398 g/mol. The standard InChI is InChI=1S/C21H22N2O6/c1-5-10-27-18(24)15-12(4)23-20(26)21(15)13-8-6-7-9-14(13)29-17(22)16(21)19(25)28-11(2)3/h5-9,11H,1,10,22H2,2-4H3,(H,23,26)/t21-/m0/s1. The van der Waals surface area contributed by atoms with Crippen LogP contribution in [-0.2, 0) is 29.3 Å². The molecule has 0 radical (unpaired) electrons. The summed E-state index contributed by atoms with van der Waals surface area (Å²) in [5.74, 6) is -2.31. The number of carbonyl (C=O) groups is 3. The Morgan fingerprint density at radius 1 is 1.28 bits per heavy atom. The molecule has 1 spiro atoms. The van der Waals surface area contributed by atoms with Crippen molar-refractivity contribution in [3.63, 3.8) is 0 Å². The lowest BCUT2D eigenvalue weighted by Gasteiger charge is -2.36. The number of nitrogens with one attached hydrogen (secondary N) is 1. The maximum atomic E-state index is 13.3. The van der Waals surface area contributed by atoms with E-state index in [1.807, 2.05) is 0 Å². The molecule has 0 aromatic heterocycles. The highest BCUT2D eigenvalue weighted by molar-refractivity contribution is 6.17. The van der Waals surface area contributed by atoms with Crippen molar-refractivity contribution < 1.29 is 28.6 Å². The molecule has 8 heteroatoms. The molecule has 1 amide bonds. The fraction of sp³-hybridized carbons (Fsp3) is 0.286. The molecule has 1 aromatic rings. The summed E-state index contributed by atoms with van der Waals surface area (Å²) in [6, 6.07) is 6.56. The molecule has 3 N–H and O–H groups in total. The lowest BCUT2D eigenvalue weighted by Crippen LogP contribution is -2.49. The Morgan fingerprint density at radius 3 is 2.62 bits per heavy atom. The van der Waals surface area contributed by atoms with Crippen molar-refractivity contribution in [2.45, 2.75) is 32.3 Å². The van der Waals surface area contributed by atoms with Crippen LogP contribution < -0.4 is 15.8 Å². The molecule has 3 rings (SSSR count). The summed E-state index contributed by atoms with van der Waals surface area (Å²) in [5, 5.41) is 2.65. The van der Waals surface area contributed by atoms with E-state index in [0.717, 1.165) is 0 Å². The molecule has 8 nitrogen and oxygen atoms in total. The quantitative estimate of drug-likeness (QED) is 0.571. The highest BCUT2D eigenvalue weighted by atomic mass is 16.5. The summed E-state index contributed by atoms with van der Waals surface area (Å²) in [7, 11) is 0. The van der Waals surface area contributed by atoms with Gasteiger partial charge in [-0.15, -0.1) is 0 Å². The molecule has 2 heterocycles. The number of amides is 1. The number of esters is 2. The van der Waals surface area contributed by atoms with Crippen LogP contribution in [0.5, 0.6) is 5.75 Å². The van der Waals surface area contributed by atoms with Crippen molar-refractivity contribution in [2.75, 3.05) is 6.61 Å². The molecule has 1 atom stereocenters. The molecule has 152 valence electrons. The fourth-order valence-corrected chi connectivity index (χ4v) is 3.61. The van der Waals surface area contributed by atoms with Gasteiger partial charge in [0.15, 0.2) is 0 Å². The monoisotopic (exact) mass is 398 g/mol. The van der Waals surface area contributed by atoms with E-state index in [0.29, 0.717) is 5.56 Å². The van der Waals surface area contributed by atoms with Crippen molar-refractivity contribution in [1.82, 2.24) is 5.32 Å². The van der Waals surface area contributed by atoms with E-state index in [2.05, 4.69) is 11.9 Å². The van der Waals surface area contributed by atoms with Crippen molar-refractivity contribution in [2.24, 2.45) is 5.73 Å². The van der Waals surface area contributed by atoms with Gasteiger partial charge in [-0.1, -0.05) is 30.9 Å². The molecule has 0 saturated heterocycles. The average Bonchev–Trinajstić information content (AvgIpc) is 2.89. The number of allylic oxidation sites excluding steroid dienone is 1. The number of nitrogens with two attached hydrogens (primary N) is 1. The Labute approximate surface area is 168 Å². The van der Waals surface area contributed by atoms with Gasteiger partial charge in [0.05, 0.1) is 11.7 Å². The number of hydrogen-bond donors (Lipinski definition) is 2. The molecule has 0 aliphatic carbocycles. The lowest BCUT2D eigenvalue weighted by molar-refractivity contribution is -0.145. The number of carbonyl (C=O) groups excluding carboxylic acids is 3. The van der Waals surface area contributed by atoms with Crippen molar-refractivity contribution in [1.29, 1.82) is 0 Å². The normalized spacial score (nSPS) is 20.3. The minimum absolute atomic E-state index is 0.0428. The van der Waals surface area contributed by atoms with Crippen LogP contribution in [0.15, 0.2) is 59.6 Å². The van der Waals surface area contributed by atoms with Crippen molar-refractivity contribution in [3.8, 4) is 5.75 Å². The Morgan fingerprint density at radius 2 is 1.97 bits per heavy atom. The molecule has 0 unspecified atom stereocenters. The van der Waals surface area contributed by atoms with E-state index in [1.165, 1.54) is 6.08 Å². The SMILES string of the molecule is C=CCOC(=O)C1=C(C)NC(=O)[C@]12C(C(=O)OC(C)C)=C(N)Oc1ccccc12. The van der Waals surface area contributed by atoms with E-state index < -0.39 is 29.4 Å². The van der Waals surface area contributed by atoms with E-state index >= 15 is 0 Å². The molecule has 1 aromatic carbocycles. The van der Waals surface area contributed by atoms with Crippen molar-refractivity contribution in [3.05, 3.63) is 65.2 Å². The summed E-state index contributed by atoms with van der Waals surface area (Å²) in [6.07, 6.45) is 0.920. The van der Waals surface area contributed by atoms with Gasteiger partial charge in [-0.25, -0.2) is 9.59 Å². The zero-order valence-electron chi connectivity index (χ0n) is 16.4. The van der Waals surface area contributed by atoms with Gasteiger partial charge in [-0.3, -0.25) is 4.79 Å². The summed E-state index contributed by atoms with van der Waals surface area (Å²) in [6.45, 7) is 8.33. The molecular weight excluding hydrogens is 376 g/mol. The van der Waals surface area contributed by atoms with Crippen LogP contribution in [0.3, 0.4) is 0 Å². The molecule has 0 fully saturated rings. The largest absolute Gasteiger partial charge is 0.459 e. The lowest BCUT2D eigenvalue weighted by atomic mass is 9.67. The third-order valence-corrected chi connectivity index (χ3v) is 4.61. The second kappa shape index (κ2) is 7.46. The maximum absolute atomic E-state index is 13.3. The van der Waals surface area contributed by atoms with Crippen LogP contribution in [-0.4, -0.2) is 30.6 Å². The highest BCUT2D eigenvalue weighted by Crippen LogP contribution is 2.51. The predicted molar refractivity (Wildman–Crippen MR) is 103 cm³/mol. The van der Waals surface area contributed by atoms with Gasteiger partial charge in [0.1, 0.15) is 23.3 Å². The first kappa shape index (κ1) is 20.2. The number of para-hydroxylation sites is 1. The van der Waals surface area contributed by atoms with Crippen LogP contribution in [0.2, 0.25) is 0 Å². The summed E-state index contributed by atoms with van der Waals surface area (Å²) in [4.78, 5) is 39.3. The van der Waals surface area contributed by atoms with Gasteiger partial charge in [0.25, 0.3) is 0 Å². The second-order valence-electron chi connectivity index (χ2n) is 6.88. The van der Waals surface area contributed by atoms with E-state index in [1.54, 1.807) is 45.0 Å². The highest BCUT2D eigenvalue weighted by Gasteiger charge is 2.61. The Hall–Kier alpha value is -3.55. The van der Waals surface area contributed by atoms with Gasteiger partial charge in [0, 0.05) is 11.3 Å². The maximum Gasteiger partial charge on any atom is 0.341 e. The number of benzene rings is 1. The van der Waals surface area contributed by atoms with E-state index in [-0.39, 0.29) is 35.1 Å². The van der Waals surface area contributed by atoms with Crippen LogP contribution >= 0.6 is 0 Å². The molecular formula is C21H22N2O6. The van der Waals surface area contributed by atoms with Crippen LogP contribution in [0.25, 0.3) is 0 Å². The molecule has 0 saturated carbocycles. The summed E-state index contributed by atoms with van der Waals surface area (Å²) in [5.41, 5.74) is 4.47. The van der Waals surface area contributed by atoms with E-state index in [9.17, 15) is 14.4 Å². The zero-order chi connectivity index (χ0) is 21.3. The third kappa shape index (κ3) is 3.06. The smallest absolute Gasteiger partial charge is 0.341 e. The predicted octanol–water partition coefficient (Wildman–Crippen LogP) is 1.57. The van der Waals surface area contributed by atoms with Crippen molar-refractivity contribution >= 4 is 17.8 Å². The van der Waals surface area contributed by atoms with Crippen LogP contribution in [0.1, 0.15) is 26.3 Å². The molecule has 2 aliphatic heterocycles. The first-order chi connectivity index (χ1) is 13.7. The number of ether oxygens (including phenoxy) is 3. The van der Waals surface area contributed by atoms with Crippen LogP contribution in [0.4, 0.5) is 0 Å². The number of rotatable bonds is 5. The van der Waals surface area contributed by atoms with Gasteiger partial charge in [0.2, 0.25) is 11.8 Å². The first-order valence-electron chi connectivity index (χ1n) is 9.04. The first-order valence-corrected chi connectivity index (χ1v) is 9.04. The Kier molecular flexibility index (Phi) is 5.19. The molecule has 29 heavy (non-hydrogen) atoms. The Balaban J connectivity index is 2.32. The van der Waals surface area contributed by atoms with Gasteiger partial charge < -0.3 is 25.3 Å².